The van der Waals surface area contributed by atoms with Crippen LogP contribution in [-0.2, 0) is 14.4 Å². The van der Waals surface area contributed by atoms with Crippen molar-refractivity contribution in [3.8, 4) is 0 Å². The maximum absolute atomic E-state index is 11.6. The molecule has 0 radical (unpaired) electrons. The topological polar surface area (TPSA) is 101 Å². The summed E-state index contributed by atoms with van der Waals surface area (Å²) in [4.78, 5) is 33.3. The fourth-order valence-corrected chi connectivity index (χ4v) is 1.19. The number of amides is 3. The second-order valence-electron chi connectivity index (χ2n) is 3.67. The van der Waals surface area contributed by atoms with Gasteiger partial charge >= 0.3 is 0 Å². The number of nitrogens with one attached hydrogen (secondary N) is 2. The molecule has 16 heavy (non-hydrogen) atoms. The van der Waals surface area contributed by atoms with Crippen LogP contribution in [0, 0.1) is 0 Å². The molecule has 0 fully saturated rings. The number of carbonyl (C=O) groups excluding carboxylic acids is 3. The van der Waals surface area contributed by atoms with Gasteiger partial charge in [-0.2, -0.15) is 0 Å². The quantitative estimate of drug-likeness (QED) is 0.560. The number of rotatable bonds is 6. The first-order valence-electron chi connectivity index (χ1n) is 5.25. The van der Waals surface area contributed by atoms with Crippen molar-refractivity contribution < 1.29 is 14.4 Å². The van der Waals surface area contributed by atoms with Crippen LogP contribution in [0.1, 0.15) is 33.6 Å². The summed E-state index contributed by atoms with van der Waals surface area (Å²) in [6, 6.07) is -1.34. The van der Waals surface area contributed by atoms with Gasteiger partial charge in [0.2, 0.25) is 17.7 Å². The molecule has 6 heteroatoms. The minimum atomic E-state index is -0.736. The van der Waals surface area contributed by atoms with Gasteiger partial charge in [-0.3, -0.25) is 14.4 Å². The first kappa shape index (κ1) is 14.4. The molecule has 0 spiro atoms. The van der Waals surface area contributed by atoms with Crippen LogP contribution in [0.2, 0.25) is 0 Å². The highest BCUT2D eigenvalue weighted by atomic mass is 16.2. The highest BCUT2D eigenvalue weighted by Crippen LogP contribution is 1.97. The Bertz CT molecular complexity index is 278. The van der Waals surface area contributed by atoms with E-state index in [2.05, 4.69) is 10.6 Å². The Morgan fingerprint density at radius 3 is 2.19 bits per heavy atom. The lowest BCUT2D eigenvalue weighted by atomic mass is 10.1. The molecule has 0 aromatic carbocycles. The van der Waals surface area contributed by atoms with Crippen molar-refractivity contribution in [2.45, 2.75) is 45.7 Å². The first-order chi connectivity index (χ1) is 7.38. The molecule has 0 aromatic rings. The minimum Gasteiger partial charge on any atom is -0.368 e. The van der Waals surface area contributed by atoms with Crippen LogP contribution in [0.3, 0.4) is 0 Å². The Hall–Kier alpha value is -1.59. The lowest BCUT2D eigenvalue weighted by Gasteiger charge is -2.18. The van der Waals surface area contributed by atoms with Gasteiger partial charge in [0.25, 0.3) is 0 Å². The number of primary amides is 1. The van der Waals surface area contributed by atoms with Gasteiger partial charge in [0.05, 0.1) is 0 Å². The van der Waals surface area contributed by atoms with Gasteiger partial charge in [0.15, 0.2) is 0 Å². The average molecular weight is 229 g/mol. The lowest BCUT2D eigenvalue weighted by Crippen LogP contribution is -2.51. The van der Waals surface area contributed by atoms with Gasteiger partial charge in [-0.15, -0.1) is 0 Å². The molecule has 0 aliphatic rings. The summed E-state index contributed by atoms with van der Waals surface area (Å²) in [7, 11) is 0. The van der Waals surface area contributed by atoms with E-state index in [4.69, 9.17) is 5.73 Å². The number of hydrogen-bond acceptors (Lipinski definition) is 3. The minimum absolute atomic E-state index is 0.277. The average Bonchev–Trinajstić information content (AvgIpc) is 2.16. The molecule has 2 atom stereocenters. The van der Waals surface area contributed by atoms with Crippen molar-refractivity contribution in [2.75, 3.05) is 0 Å². The molecule has 4 N–H and O–H groups in total. The zero-order valence-corrected chi connectivity index (χ0v) is 9.87. The third kappa shape index (κ3) is 5.33. The summed E-state index contributed by atoms with van der Waals surface area (Å²) in [5, 5.41) is 4.96. The maximum Gasteiger partial charge on any atom is 0.243 e. The SMILES string of the molecule is CCC[C@H](NC(C)=O)C(=O)N[C@H](C)C(N)=O. The molecule has 0 saturated heterocycles. The smallest absolute Gasteiger partial charge is 0.243 e. The van der Waals surface area contributed by atoms with Gasteiger partial charge in [0.1, 0.15) is 12.1 Å². The Kier molecular flexibility index (Phi) is 6.14. The van der Waals surface area contributed by atoms with Crippen LogP contribution in [0.4, 0.5) is 0 Å². The van der Waals surface area contributed by atoms with E-state index < -0.39 is 18.0 Å². The molecule has 0 saturated carbocycles. The number of hydrogen-bond donors (Lipinski definition) is 3. The molecule has 0 aliphatic heterocycles. The van der Waals surface area contributed by atoms with E-state index in [-0.39, 0.29) is 11.8 Å². The van der Waals surface area contributed by atoms with E-state index in [1.54, 1.807) is 0 Å². The van der Waals surface area contributed by atoms with Crippen LogP contribution >= 0.6 is 0 Å². The Morgan fingerprint density at radius 2 is 1.81 bits per heavy atom. The van der Waals surface area contributed by atoms with Crippen molar-refractivity contribution in [1.82, 2.24) is 10.6 Å². The van der Waals surface area contributed by atoms with Crippen LogP contribution in [0.25, 0.3) is 0 Å². The van der Waals surface area contributed by atoms with E-state index >= 15 is 0 Å². The highest BCUT2D eigenvalue weighted by Gasteiger charge is 2.21. The summed E-state index contributed by atoms with van der Waals surface area (Å²) in [6.07, 6.45) is 1.28. The van der Waals surface area contributed by atoms with Crippen LogP contribution in [0.15, 0.2) is 0 Å². The van der Waals surface area contributed by atoms with Crippen LogP contribution in [0.5, 0.6) is 0 Å². The van der Waals surface area contributed by atoms with Gasteiger partial charge < -0.3 is 16.4 Å². The van der Waals surface area contributed by atoms with E-state index in [1.165, 1.54) is 13.8 Å². The molecule has 0 heterocycles. The largest absolute Gasteiger partial charge is 0.368 e. The monoisotopic (exact) mass is 229 g/mol. The van der Waals surface area contributed by atoms with Crippen LogP contribution in [-0.4, -0.2) is 29.8 Å². The standard InChI is InChI=1S/C10H19N3O3/c1-4-5-8(13-7(3)14)10(16)12-6(2)9(11)15/h6,8H,4-5H2,1-3H3,(H2,11,15)(H,12,16)(H,13,14)/t6-,8+/m1/s1. The second-order valence-corrected chi connectivity index (χ2v) is 3.67. The van der Waals surface area contributed by atoms with E-state index in [1.807, 2.05) is 6.92 Å². The molecule has 92 valence electrons. The normalized spacial score (nSPS) is 13.7. The Morgan fingerprint density at radius 1 is 1.25 bits per heavy atom. The van der Waals surface area contributed by atoms with E-state index in [9.17, 15) is 14.4 Å². The van der Waals surface area contributed by atoms with Gasteiger partial charge in [-0.1, -0.05) is 13.3 Å². The molecular formula is C10H19N3O3. The fraction of sp³-hybridized carbons (Fsp3) is 0.700. The van der Waals surface area contributed by atoms with Crippen molar-refractivity contribution in [2.24, 2.45) is 5.73 Å². The fourth-order valence-electron chi connectivity index (χ4n) is 1.19. The summed E-state index contributed by atoms with van der Waals surface area (Å²) in [6.45, 7) is 4.74. The van der Waals surface area contributed by atoms with Crippen molar-refractivity contribution in [3.63, 3.8) is 0 Å². The van der Waals surface area contributed by atoms with Crippen molar-refractivity contribution in [1.29, 1.82) is 0 Å². The molecular weight excluding hydrogens is 210 g/mol. The highest BCUT2D eigenvalue weighted by molar-refractivity contribution is 5.90. The van der Waals surface area contributed by atoms with E-state index in [0.717, 1.165) is 6.42 Å². The zero-order valence-electron chi connectivity index (χ0n) is 9.87. The maximum atomic E-state index is 11.6. The van der Waals surface area contributed by atoms with Gasteiger partial charge in [-0.05, 0) is 13.3 Å². The van der Waals surface area contributed by atoms with Gasteiger partial charge in [-0.25, -0.2) is 0 Å². The molecule has 6 nitrogen and oxygen atoms in total. The second kappa shape index (κ2) is 6.81. The number of nitrogens with two attached hydrogens (primary N) is 1. The van der Waals surface area contributed by atoms with Crippen molar-refractivity contribution in [3.05, 3.63) is 0 Å². The third-order valence-corrected chi connectivity index (χ3v) is 2.06. The molecule has 0 rings (SSSR count). The Balaban J connectivity index is 4.37. The molecule has 0 aliphatic carbocycles. The first-order valence-corrected chi connectivity index (χ1v) is 5.25. The predicted octanol–water partition coefficient (Wildman–Crippen LogP) is -0.719. The van der Waals surface area contributed by atoms with Gasteiger partial charge in [0, 0.05) is 6.92 Å². The summed E-state index contributed by atoms with van der Waals surface area (Å²) in [5.41, 5.74) is 5.02. The zero-order chi connectivity index (χ0) is 12.7. The van der Waals surface area contributed by atoms with E-state index in [0.29, 0.717) is 6.42 Å². The van der Waals surface area contributed by atoms with Crippen LogP contribution < -0.4 is 16.4 Å². The molecule has 0 unspecified atom stereocenters. The summed E-state index contributed by atoms with van der Waals surface area (Å²) in [5.74, 6) is -1.27. The molecule has 3 amide bonds. The molecule has 0 aromatic heterocycles. The predicted molar refractivity (Wildman–Crippen MR) is 59.3 cm³/mol. The summed E-state index contributed by atoms with van der Waals surface area (Å²) >= 11 is 0. The Labute approximate surface area is 94.9 Å². The summed E-state index contributed by atoms with van der Waals surface area (Å²) < 4.78 is 0. The molecule has 0 bridgehead atoms. The van der Waals surface area contributed by atoms with Crippen molar-refractivity contribution >= 4 is 17.7 Å². The third-order valence-electron chi connectivity index (χ3n) is 2.06. The lowest BCUT2D eigenvalue weighted by molar-refractivity contribution is -0.130. The number of carbonyl (C=O) groups is 3.